The first-order chi connectivity index (χ1) is 13.7. The number of allylic oxidation sites excluding steroid dienone is 1. The van der Waals surface area contributed by atoms with Crippen molar-refractivity contribution in [3.8, 4) is 0 Å². The molecule has 7 nitrogen and oxygen atoms in total. The van der Waals surface area contributed by atoms with Gasteiger partial charge in [0.05, 0.1) is 16.7 Å². The number of aromatic nitrogens is 4. The number of para-hydroxylation sites is 1. The highest BCUT2D eigenvalue weighted by Crippen LogP contribution is 2.21. The minimum atomic E-state index is -0.128. The summed E-state index contributed by atoms with van der Waals surface area (Å²) in [6.07, 6.45) is 6.15. The molecule has 0 radical (unpaired) electrons. The summed E-state index contributed by atoms with van der Waals surface area (Å²) >= 11 is 1.32. The highest BCUT2D eigenvalue weighted by Gasteiger charge is 2.16. The molecule has 2 aromatic heterocycles. The van der Waals surface area contributed by atoms with E-state index in [0.29, 0.717) is 29.4 Å². The molecule has 0 fully saturated rings. The van der Waals surface area contributed by atoms with E-state index in [0.717, 1.165) is 18.4 Å². The van der Waals surface area contributed by atoms with Crippen molar-refractivity contribution in [3.05, 3.63) is 47.3 Å². The zero-order valence-electron chi connectivity index (χ0n) is 16.1. The summed E-state index contributed by atoms with van der Waals surface area (Å²) in [7, 11) is 0. The van der Waals surface area contributed by atoms with Gasteiger partial charge >= 0.3 is 0 Å². The molecular weight excluding hydrogens is 374 g/mol. The van der Waals surface area contributed by atoms with Crippen LogP contribution < -0.4 is 10.9 Å². The van der Waals surface area contributed by atoms with E-state index in [-0.39, 0.29) is 17.2 Å². The lowest BCUT2D eigenvalue weighted by atomic mass is 10.2. The molecule has 0 aliphatic heterocycles. The molecular formula is C20H25N5O2S. The second kappa shape index (κ2) is 9.54. The summed E-state index contributed by atoms with van der Waals surface area (Å²) in [4.78, 5) is 24.9. The molecule has 28 heavy (non-hydrogen) atoms. The molecule has 0 spiro atoms. The fraction of sp³-hybridized carbons (Fsp3) is 0.400. The highest BCUT2D eigenvalue weighted by molar-refractivity contribution is 7.99. The van der Waals surface area contributed by atoms with Crippen LogP contribution in [0.3, 0.4) is 0 Å². The highest BCUT2D eigenvalue weighted by atomic mass is 32.2. The fourth-order valence-electron chi connectivity index (χ4n) is 3.08. The van der Waals surface area contributed by atoms with Gasteiger partial charge in [-0.05, 0) is 18.6 Å². The molecule has 1 amide bonds. The Hall–Kier alpha value is -2.61. The molecule has 0 aliphatic rings. The Bertz CT molecular complexity index is 1040. The van der Waals surface area contributed by atoms with E-state index in [9.17, 15) is 9.59 Å². The first-order valence-corrected chi connectivity index (χ1v) is 10.5. The van der Waals surface area contributed by atoms with E-state index >= 15 is 0 Å². The lowest BCUT2D eigenvalue weighted by Gasteiger charge is -2.09. The molecule has 2 heterocycles. The van der Waals surface area contributed by atoms with Crippen LogP contribution in [0.25, 0.3) is 16.7 Å². The summed E-state index contributed by atoms with van der Waals surface area (Å²) in [5, 5.41) is 12.5. The summed E-state index contributed by atoms with van der Waals surface area (Å²) < 4.78 is 3.37. The zero-order chi connectivity index (χ0) is 19.9. The van der Waals surface area contributed by atoms with Crippen LogP contribution in [0.5, 0.6) is 0 Å². The smallest absolute Gasteiger partial charge is 0.263 e. The van der Waals surface area contributed by atoms with E-state index < -0.39 is 0 Å². The Labute approximate surface area is 167 Å². The van der Waals surface area contributed by atoms with Gasteiger partial charge in [-0.2, -0.15) is 0 Å². The Balaban J connectivity index is 1.82. The van der Waals surface area contributed by atoms with Crippen molar-refractivity contribution < 1.29 is 4.79 Å². The minimum absolute atomic E-state index is 0.0260. The molecule has 0 bridgehead atoms. The van der Waals surface area contributed by atoms with Gasteiger partial charge in [-0.3, -0.25) is 18.6 Å². The quantitative estimate of drug-likeness (QED) is 0.322. The largest absolute Gasteiger partial charge is 0.355 e. The van der Waals surface area contributed by atoms with Gasteiger partial charge in [0, 0.05) is 13.1 Å². The molecule has 0 aliphatic carbocycles. The van der Waals surface area contributed by atoms with Gasteiger partial charge in [-0.15, -0.1) is 16.8 Å². The first kappa shape index (κ1) is 20.1. The summed E-state index contributed by atoms with van der Waals surface area (Å²) in [5.41, 5.74) is 0.604. The maximum atomic E-state index is 12.8. The van der Waals surface area contributed by atoms with Crippen LogP contribution in [0.15, 0.2) is 46.9 Å². The van der Waals surface area contributed by atoms with Gasteiger partial charge in [0.25, 0.3) is 5.56 Å². The third kappa shape index (κ3) is 4.27. The van der Waals surface area contributed by atoms with E-state index in [1.165, 1.54) is 24.6 Å². The lowest BCUT2D eigenvalue weighted by Crippen LogP contribution is -2.26. The normalized spacial score (nSPS) is 11.2. The van der Waals surface area contributed by atoms with Crippen molar-refractivity contribution in [3.63, 3.8) is 0 Å². The number of nitrogens with one attached hydrogen (secondary N) is 1. The number of thioether (sulfide) groups is 1. The Morgan fingerprint density at radius 2 is 2.07 bits per heavy atom. The van der Waals surface area contributed by atoms with E-state index in [2.05, 4.69) is 29.0 Å². The van der Waals surface area contributed by atoms with Gasteiger partial charge in [-0.1, -0.05) is 56.2 Å². The number of hydrogen-bond acceptors (Lipinski definition) is 5. The number of unbranched alkanes of at least 4 members (excludes halogenated alkanes) is 3. The molecule has 0 unspecified atom stereocenters. The van der Waals surface area contributed by atoms with Gasteiger partial charge in [0.1, 0.15) is 0 Å². The van der Waals surface area contributed by atoms with Crippen LogP contribution in [0, 0.1) is 0 Å². The predicted octanol–water partition coefficient (Wildman–Crippen LogP) is 3.02. The molecule has 3 rings (SSSR count). The van der Waals surface area contributed by atoms with Crippen LogP contribution in [0.1, 0.15) is 32.6 Å². The maximum absolute atomic E-state index is 12.8. The van der Waals surface area contributed by atoms with Crippen molar-refractivity contribution in [2.24, 2.45) is 0 Å². The predicted molar refractivity (Wildman–Crippen MR) is 113 cm³/mol. The van der Waals surface area contributed by atoms with Crippen molar-refractivity contribution in [1.29, 1.82) is 0 Å². The number of rotatable bonds is 10. The average molecular weight is 400 g/mol. The average Bonchev–Trinajstić information content (AvgIpc) is 3.13. The molecule has 8 heteroatoms. The number of benzene rings is 1. The molecule has 1 N–H and O–H groups in total. The Kier molecular flexibility index (Phi) is 6.86. The molecule has 0 saturated carbocycles. The number of amides is 1. The van der Waals surface area contributed by atoms with E-state index in [4.69, 9.17) is 0 Å². The van der Waals surface area contributed by atoms with Crippen molar-refractivity contribution in [2.45, 2.75) is 44.3 Å². The van der Waals surface area contributed by atoms with E-state index in [1.807, 2.05) is 22.6 Å². The van der Waals surface area contributed by atoms with Crippen LogP contribution in [0.2, 0.25) is 0 Å². The molecule has 3 aromatic rings. The topological polar surface area (TPSA) is 81.3 Å². The number of carbonyl (C=O) groups excluding carboxylic acids is 1. The van der Waals surface area contributed by atoms with Crippen LogP contribution >= 0.6 is 11.8 Å². The number of fused-ring (bicyclic) bond motifs is 3. The second-order valence-corrected chi connectivity index (χ2v) is 7.48. The summed E-state index contributed by atoms with van der Waals surface area (Å²) in [6, 6.07) is 7.35. The second-order valence-electron chi connectivity index (χ2n) is 6.54. The standard InChI is InChI=1S/C20H25N5O2S/c1-3-5-6-9-12-21-17(26)14-28-20-23-22-19-24(13-4-2)18(27)15-10-7-8-11-16(15)25(19)20/h4,7-8,10-11H,2-3,5-6,9,12-14H2,1H3,(H,21,26). The number of nitrogens with zero attached hydrogens (tertiary/aromatic N) is 4. The minimum Gasteiger partial charge on any atom is -0.355 e. The van der Waals surface area contributed by atoms with Gasteiger partial charge in [-0.25, -0.2) is 0 Å². The Morgan fingerprint density at radius 1 is 1.25 bits per heavy atom. The third-order valence-corrected chi connectivity index (χ3v) is 5.40. The molecule has 0 atom stereocenters. The summed E-state index contributed by atoms with van der Waals surface area (Å²) in [6.45, 7) is 6.92. The number of carbonyl (C=O) groups is 1. The molecule has 148 valence electrons. The molecule has 0 saturated heterocycles. The van der Waals surface area contributed by atoms with Crippen molar-refractivity contribution in [2.75, 3.05) is 12.3 Å². The molecule has 1 aromatic carbocycles. The Morgan fingerprint density at radius 3 is 2.86 bits per heavy atom. The van der Waals surface area contributed by atoms with E-state index in [1.54, 1.807) is 16.7 Å². The monoisotopic (exact) mass is 399 g/mol. The first-order valence-electron chi connectivity index (χ1n) is 9.54. The zero-order valence-corrected chi connectivity index (χ0v) is 16.9. The van der Waals surface area contributed by atoms with Gasteiger partial charge < -0.3 is 5.32 Å². The van der Waals surface area contributed by atoms with Crippen molar-refractivity contribution >= 4 is 34.3 Å². The van der Waals surface area contributed by atoms with Gasteiger partial charge in [0.2, 0.25) is 11.7 Å². The van der Waals surface area contributed by atoms with Gasteiger partial charge in [0.15, 0.2) is 5.16 Å². The van der Waals surface area contributed by atoms with Crippen LogP contribution in [-0.2, 0) is 11.3 Å². The van der Waals surface area contributed by atoms with Crippen molar-refractivity contribution in [1.82, 2.24) is 24.5 Å². The maximum Gasteiger partial charge on any atom is 0.263 e. The SMILES string of the molecule is C=CCn1c(=O)c2ccccc2n2c(SCC(=O)NCCCCCC)nnc12. The van der Waals surface area contributed by atoms with Crippen LogP contribution in [0.4, 0.5) is 0 Å². The fourth-order valence-corrected chi connectivity index (χ4v) is 3.85. The van der Waals surface area contributed by atoms with Crippen LogP contribution in [-0.4, -0.2) is 37.4 Å². The lowest BCUT2D eigenvalue weighted by molar-refractivity contribution is -0.118. The number of hydrogen-bond donors (Lipinski definition) is 1. The third-order valence-electron chi connectivity index (χ3n) is 4.47. The summed E-state index contributed by atoms with van der Waals surface area (Å²) in [5.74, 6) is 0.678.